The van der Waals surface area contributed by atoms with Gasteiger partial charge in [0.15, 0.2) is 11.1 Å². The van der Waals surface area contributed by atoms with Crippen LogP contribution in [-0.2, 0) is 15.9 Å². The molecule has 0 fully saturated rings. The average molecular weight is 186 g/mol. The van der Waals surface area contributed by atoms with E-state index in [1.54, 1.807) is 0 Å². The Balaban J connectivity index is -0.000000245. The maximum absolute atomic E-state index is 9.75. The molecule has 0 aliphatic carbocycles. The van der Waals surface area contributed by atoms with Crippen LogP contribution in [-0.4, -0.2) is 84.7 Å². The van der Waals surface area contributed by atoms with Crippen molar-refractivity contribution in [2.45, 2.75) is 6.42 Å². The van der Waals surface area contributed by atoms with Gasteiger partial charge in [-0.3, -0.25) is 4.79 Å². The van der Waals surface area contributed by atoms with Gasteiger partial charge in [0.2, 0.25) is 0 Å². The summed E-state index contributed by atoms with van der Waals surface area (Å²) in [7, 11) is 0. The summed E-state index contributed by atoms with van der Waals surface area (Å²) < 4.78 is 17.8. The summed E-state index contributed by atoms with van der Waals surface area (Å²) in [6, 6.07) is 0. The van der Waals surface area contributed by atoms with E-state index < -0.39 is 17.0 Å². The monoisotopic (exact) mass is 186 g/mol. The normalized spacial score (nSPS) is 10.5. The number of hydrogen-bond acceptors (Lipinski definition) is 2. The number of carboxylic acid groups (broad SMARTS) is 1. The van der Waals surface area contributed by atoms with Crippen molar-refractivity contribution in [1.82, 2.24) is 0 Å². The number of rotatable bonds is 3. The first-order chi connectivity index (χ1) is 3.63. The Morgan fingerprint density at radius 1 is 1.40 bits per heavy atom. The molecule has 0 aliphatic heterocycles. The summed E-state index contributed by atoms with van der Waals surface area (Å²) in [5, 5.41) is 7.92. The maximum atomic E-state index is 9.75. The fraction of sp³-hybridized carbons (Fsp3) is 0.667. The zero-order chi connectivity index (χ0) is 6.57. The zero-order valence-electron chi connectivity index (χ0n) is 4.03. The molecule has 0 aromatic rings. The van der Waals surface area contributed by atoms with Crippen LogP contribution < -0.4 is 0 Å². The average Bonchev–Trinajstić information content (AvgIpc) is 1.61. The molecule has 10 heavy (non-hydrogen) atoms. The molecule has 1 unspecified atom stereocenters. The van der Waals surface area contributed by atoms with Gasteiger partial charge in [-0.05, 0) is 0 Å². The molecule has 4 nitrogen and oxygen atoms in total. The van der Waals surface area contributed by atoms with Crippen LogP contribution in [0.3, 0.4) is 0 Å². The Labute approximate surface area is 106 Å². The molecule has 0 aliphatic rings. The summed E-state index contributed by atoms with van der Waals surface area (Å²) in [5.41, 5.74) is 0. The summed E-state index contributed by atoms with van der Waals surface area (Å²) in [6.45, 7) is 0. The number of carboxylic acids is 1. The van der Waals surface area contributed by atoms with Crippen LogP contribution in [0.15, 0.2) is 0 Å². The van der Waals surface area contributed by atoms with E-state index in [2.05, 4.69) is 0 Å². The van der Waals surface area contributed by atoms with Crippen LogP contribution in [0.4, 0.5) is 0 Å². The second-order valence-corrected chi connectivity index (χ2v) is 2.22. The fourth-order valence-electron chi connectivity index (χ4n) is 0.175. The molecule has 0 saturated carbocycles. The van der Waals surface area contributed by atoms with Gasteiger partial charge in [0.05, 0.1) is 12.2 Å². The van der Waals surface area contributed by atoms with Crippen LogP contribution >= 0.6 is 0 Å². The Hall–Kier alpha value is 1.58. The molecule has 7 heteroatoms. The van der Waals surface area contributed by atoms with Crippen molar-refractivity contribution in [1.29, 1.82) is 0 Å². The number of carbonyl (C=O) groups is 1. The van der Waals surface area contributed by atoms with Crippen LogP contribution in [0, 0.1) is 0 Å². The predicted octanol–water partition coefficient (Wildman–Crippen LogP) is -1.61. The molecular formula is C3H8Na2O4S. The number of aliphatic carboxylic acids is 1. The van der Waals surface area contributed by atoms with Gasteiger partial charge in [-0.1, -0.05) is 0 Å². The van der Waals surface area contributed by atoms with Crippen LogP contribution in [0.25, 0.3) is 0 Å². The van der Waals surface area contributed by atoms with Crippen molar-refractivity contribution < 1.29 is 18.7 Å². The SMILES string of the molecule is O=C(O)CCS(=O)O.[NaH].[NaH]. The second-order valence-electron chi connectivity index (χ2n) is 1.17. The van der Waals surface area contributed by atoms with Crippen LogP contribution in [0.1, 0.15) is 6.42 Å². The van der Waals surface area contributed by atoms with Gasteiger partial charge in [0.25, 0.3) is 0 Å². The van der Waals surface area contributed by atoms with Crippen LogP contribution in [0.5, 0.6) is 0 Å². The van der Waals surface area contributed by atoms with Gasteiger partial charge in [0, 0.05) is 0 Å². The molecule has 0 heterocycles. The molecule has 2 N–H and O–H groups in total. The molecule has 0 radical (unpaired) electrons. The van der Waals surface area contributed by atoms with Crippen molar-refractivity contribution in [3.05, 3.63) is 0 Å². The third kappa shape index (κ3) is 16.3. The van der Waals surface area contributed by atoms with Gasteiger partial charge in [-0.2, -0.15) is 0 Å². The Kier molecular flexibility index (Phi) is 18.6. The summed E-state index contributed by atoms with van der Waals surface area (Å²) in [6.07, 6.45) is -0.247. The molecule has 0 aromatic heterocycles. The topological polar surface area (TPSA) is 74.6 Å². The summed E-state index contributed by atoms with van der Waals surface area (Å²) >= 11 is -1.97. The minimum absolute atomic E-state index is 0. The Morgan fingerprint density at radius 2 is 1.80 bits per heavy atom. The van der Waals surface area contributed by atoms with E-state index in [0.29, 0.717) is 0 Å². The van der Waals surface area contributed by atoms with Crippen molar-refractivity contribution >= 4 is 76.2 Å². The number of hydrogen-bond donors (Lipinski definition) is 2. The molecule has 0 bridgehead atoms. The van der Waals surface area contributed by atoms with Gasteiger partial charge in [-0.25, -0.2) is 4.21 Å². The fourth-order valence-corrected chi connectivity index (χ4v) is 0.524. The van der Waals surface area contributed by atoms with Gasteiger partial charge in [-0.15, -0.1) is 0 Å². The first-order valence-corrected chi connectivity index (χ1v) is 3.20. The first kappa shape index (κ1) is 17.6. The zero-order valence-corrected chi connectivity index (χ0v) is 4.85. The molecule has 0 amide bonds. The van der Waals surface area contributed by atoms with Crippen LogP contribution in [0.2, 0.25) is 0 Å². The Bertz CT molecular complexity index is 103. The molecule has 0 aromatic carbocycles. The summed E-state index contributed by atoms with van der Waals surface area (Å²) in [5.74, 6) is -1.23. The predicted molar refractivity (Wildman–Crippen MR) is 42.2 cm³/mol. The van der Waals surface area contributed by atoms with Gasteiger partial charge < -0.3 is 9.66 Å². The molecule has 52 valence electrons. The van der Waals surface area contributed by atoms with E-state index in [4.69, 9.17) is 9.66 Å². The van der Waals surface area contributed by atoms with E-state index >= 15 is 0 Å². The second kappa shape index (κ2) is 10.6. The quantitative estimate of drug-likeness (QED) is 0.410. The summed E-state index contributed by atoms with van der Waals surface area (Å²) in [4.78, 5) is 9.66. The Morgan fingerprint density at radius 3 is 1.90 bits per heavy atom. The van der Waals surface area contributed by atoms with E-state index in [-0.39, 0.29) is 71.3 Å². The van der Waals surface area contributed by atoms with E-state index in [0.717, 1.165) is 0 Å². The standard InChI is InChI=1S/C3H6O4S.2Na.2H/c4-3(5)1-2-8(6)7;;;;/h1-2H2,(H,4,5)(H,6,7);;;;. The van der Waals surface area contributed by atoms with Crippen molar-refractivity contribution in [2.24, 2.45) is 0 Å². The van der Waals surface area contributed by atoms with Crippen molar-refractivity contribution in [2.75, 3.05) is 5.75 Å². The third-order valence-corrected chi connectivity index (χ3v) is 1.04. The van der Waals surface area contributed by atoms with Gasteiger partial charge >= 0.3 is 65.1 Å². The molecule has 0 spiro atoms. The molecule has 0 rings (SSSR count). The van der Waals surface area contributed by atoms with Gasteiger partial charge in [0.1, 0.15) is 0 Å². The van der Waals surface area contributed by atoms with E-state index in [9.17, 15) is 9.00 Å². The van der Waals surface area contributed by atoms with E-state index in [1.807, 2.05) is 0 Å². The first-order valence-electron chi connectivity index (χ1n) is 1.92. The third-order valence-electron chi connectivity index (χ3n) is 0.491. The molecular weight excluding hydrogens is 178 g/mol. The molecule has 1 atom stereocenters. The van der Waals surface area contributed by atoms with E-state index in [1.165, 1.54) is 0 Å². The molecule has 0 saturated heterocycles. The van der Waals surface area contributed by atoms with Crippen molar-refractivity contribution in [3.63, 3.8) is 0 Å². The minimum atomic E-state index is -1.97. The van der Waals surface area contributed by atoms with Crippen molar-refractivity contribution in [3.8, 4) is 0 Å².